The fourth-order valence-electron chi connectivity index (χ4n) is 2.16. The van der Waals surface area contributed by atoms with Gasteiger partial charge in [-0.15, -0.1) is 0 Å². The minimum atomic E-state index is 0.165. The van der Waals surface area contributed by atoms with Crippen molar-refractivity contribution in [1.82, 2.24) is 0 Å². The molecule has 3 rings (SSSR count). The van der Waals surface area contributed by atoms with Gasteiger partial charge >= 0.3 is 0 Å². The molecule has 0 aliphatic carbocycles. The van der Waals surface area contributed by atoms with Gasteiger partial charge in [0, 0.05) is 24.0 Å². The second kappa shape index (κ2) is 4.63. The van der Waals surface area contributed by atoms with E-state index in [1.54, 1.807) is 12.4 Å². The molecule has 2 atom stereocenters. The number of rotatable bonds is 6. The van der Waals surface area contributed by atoms with E-state index in [9.17, 15) is 9.59 Å². The third-order valence-electron chi connectivity index (χ3n) is 3.31. The van der Waals surface area contributed by atoms with Crippen molar-refractivity contribution in [2.45, 2.75) is 25.0 Å². The van der Waals surface area contributed by atoms with Gasteiger partial charge in [0.15, 0.2) is 0 Å². The summed E-state index contributed by atoms with van der Waals surface area (Å²) in [5.41, 5.74) is 2.52. The third-order valence-corrected chi connectivity index (χ3v) is 3.31. The molecular weight excluding hydrogens is 232 g/mol. The summed E-state index contributed by atoms with van der Waals surface area (Å²) in [4.78, 5) is 21.9. The first kappa shape index (κ1) is 11.6. The Kier molecular flexibility index (Phi) is 2.97. The van der Waals surface area contributed by atoms with Crippen LogP contribution in [0, 0.1) is 0 Å². The van der Waals surface area contributed by atoms with E-state index in [-0.39, 0.29) is 17.8 Å². The van der Waals surface area contributed by atoms with E-state index < -0.39 is 0 Å². The molecule has 92 valence electrons. The molecule has 1 aromatic carbocycles. The van der Waals surface area contributed by atoms with Gasteiger partial charge in [0.05, 0.1) is 25.4 Å². The maximum absolute atomic E-state index is 11.1. The van der Waals surface area contributed by atoms with E-state index in [1.807, 2.05) is 12.4 Å². The van der Waals surface area contributed by atoms with E-state index in [2.05, 4.69) is 0 Å². The van der Waals surface area contributed by atoms with Crippen molar-refractivity contribution in [3.05, 3.63) is 34.4 Å². The number of epoxide rings is 2. The lowest BCUT2D eigenvalue weighted by molar-refractivity contribution is 0.401. The average molecular weight is 244 g/mol. The second-order valence-corrected chi connectivity index (χ2v) is 4.65. The molecule has 4 nitrogen and oxygen atoms in total. The van der Waals surface area contributed by atoms with E-state index >= 15 is 0 Å². The van der Waals surface area contributed by atoms with Gasteiger partial charge in [-0.05, 0) is 17.2 Å². The molecule has 18 heavy (non-hydrogen) atoms. The number of hydrogen-bond acceptors (Lipinski definition) is 4. The Morgan fingerprint density at radius 2 is 1.72 bits per heavy atom. The van der Waals surface area contributed by atoms with Crippen LogP contribution in [-0.2, 0) is 31.9 Å². The third kappa shape index (κ3) is 2.35. The first-order valence-electron chi connectivity index (χ1n) is 5.96. The lowest BCUT2D eigenvalue weighted by Gasteiger charge is -2.11. The molecule has 0 saturated carbocycles. The molecule has 2 aliphatic heterocycles. The highest BCUT2D eigenvalue weighted by atomic mass is 16.6. The Labute approximate surface area is 105 Å². The average Bonchev–Trinajstić information content (AvgIpc) is 3.25. The zero-order valence-corrected chi connectivity index (χ0v) is 9.77. The molecule has 0 N–H and O–H groups in total. The lowest BCUT2D eigenvalue weighted by Crippen LogP contribution is -2.09. The quantitative estimate of drug-likeness (QED) is 0.683. The predicted molar refractivity (Wildman–Crippen MR) is 62.9 cm³/mol. The predicted octanol–water partition coefficient (Wildman–Crippen LogP) is 0.485. The van der Waals surface area contributed by atoms with Crippen LogP contribution in [0.2, 0.25) is 0 Å². The van der Waals surface area contributed by atoms with Crippen molar-refractivity contribution in [3.8, 4) is 0 Å². The Morgan fingerprint density at radius 3 is 2.28 bits per heavy atom. The molecule has 0 spiro atoms. The molecule has 0 bridgehead atoms. The van der Waals surface area contributed by atoms with Crippen molar-refractivity contribution in [2.24, 2.45) is 0 Å². The molecule has 2 unspecified atom stereocenters. The normalized spacial score (nSPS) is 24.7. The van der Waals surface area contributed by atoms with Crippen LogP contribution < -0.4 is 0 Å². The minimum Gasteiger partial charge on any atom is -0.373 e. The summed E-state index contributed by atoms with van der Waals surface area (Å²) in [6, 6.07) is 3.50. The summed E-state index contributed by atoms with van der Waals surface area (Å²) < 4.78 is 10.4. The lowest BCUT2D eigenvalue weighted by atomic mass is 9.91. The first-order chi connectivity index (χ1) is 8.81. The summed E-state index contributed by atoms with van der Waals surface area (Å²) in [6.45, 7) is 1.48. The molecule has 2 fully saturated rings. The summed E-state index contributed by atoms with van der Waals surface area (Å²) in [7, 11) is 0. The van der Waals surface area contributed by atoms with Crippen molar-refractivity contribution in [3.63, 3.8) is 0 Å². The zero-order chi connectivity index (χ0) is 12.5. The zero-order valence-electron chi connectivity index (χ0n) is 9.77. The van der Waals surface area contributed by atoms with E-state index in [0.717, 1.165) is 24.2 Å². The Balaban J connectivity index is 1.99. The van der Waals surface area contributed by atoms with Crippen LogP contribution in [0.5, 0.6) is 0 Å². The molecule has 0 amide bonds. The van der Waals surface area contributed by atoms with Gasteiger partial charge in [0.1, 0.15) is 0 Å². The highest BCUT2D eigenvalue weighted by Crippen LogP contribution is 2.27. The van der Waals surface area contributed by atoms with E-state index in [0.29, 0.717) is 18.6 Å². The van der Waals surface area contributed by atoms with Gasteiger partial charge in [-0.3, -0.25) is 9.59 Å². The van der Waals surface area contributed by atoms with E-state index in [1.165, 1.54) is 0 Å². The van der Waals surface area contributed by atoms with Crippen LogP contribution in [-0.4, -0.2) is 38.0 Å². The standard InChI is InChI=1S/C14H12O4/c15-5-10-2-1-9(3-11-7-17-11)13(14(10)6-16)4-12-8-18-12/h1-2,11-12H,3-4,7-8H2. The number of benzene rings is 1. The number of carbonyl (C=O) groups excluding carboxylic acids is 2. The summed E-state index contributed by atoms with van der Waals surface area (Å²) in [5.74, 6) is 0. The van der Waals surface area contributed by atoms with Crippen molar-refractivity contribution in [1.29, 1.82) is 0 Å². The Bertz CT molecular complexity index is 487. The summed E-state index contributed by atoms with van der Waals surface area (Å²) in [6.07, 6.45) is 5.50. The molecule has 2 aliphatic rings. The fraction of sp³-hybridized carbons (Fsp3) is 0.429. The van der Waals surface area contributed by atoms with Crippen molar-refractivity contribution < 1.29 is 19.1 Å². The van der Waals surface area contributed by atoms with Gasteiger partial charge in [-0.1, -0.05) is 6.07 Å². The van der Waals surface area contributed by atoms with Crippen molar-refractivity contribution in [2.75, 3.05) is 13.2 Å². The number of hydrogen-bond donors (Lipinski definition) is 0. The SMILES string of the molecule is O=[C]c1ccc(CC2CO2)c(CC2CO2)c1[C]=O. The monoisotopic (exact) mass is 244 g/mol. The van der Waals surface area contributed by atoms with Gasteiger partial charge in [-0.2, -0.15) is 0 Å². The maximum Gasteiger partial charge on any atom is 0.234 e. The van der Waals surface area contributed by atoms with Gasteiger partial charge in [0.2, 0.25) is 12.6 Å². The highest BCUT2D eigenvalue weighted by Gasteiger charge is 2.29. The topological polar surface area (TPSA) is 59.2 Å². The molecule has 2 heterocycles. The van der Waals surface area contributed by atoms with Crippen molar-refractivity contribution >= 4 is 12.6 Å². The van der Waals surface area contributed by atoms with Crippen LogP contribution in [0.25, 0.3) is 0 Å². The fourth-order valence-corrected chi connectivity index (χ4v) is 2.16. The largest absolute Gasteiger partial charge is 0.373 e. The Morgan fingerprint density at radius 1 is 1.06 bits per heavy atom. The van der Waals surface area contributed by atoms with Gasteiger partial charge in [0.25, 0.3) is 0 Å². The molecule has 1 aromatic rings. The molecular formula is C14H12O4. The minimum absolute atomic E-state index is 0.165. The van der Waals surface area contributed by atoms with Gasteiger partial charge < -0.3 is 9.47 Å². The van der Waals surface area contributed by atoms with Gasteiger partial charge in [-0.25, -0.2) is 0 Å². The smallest absolute Gasteiger partial charge is 0.234 e. The molecule has 2 saturated heterocycles. The van der Waals surface area contributed by atoms with E-state index in [4.69, 9.17) is 9.47 Å². The summed E-state index contributed by atoms with van der Waals surface area (Å²) >= 11 is 0. The molecule has 2 radical (unpaired) electrons. The van der Waals surface area contributed by atoms with Crippen LogP contribution in [0.15, 0.2) is 12.1 Å². The first-order valence-corrected chi connectivity index (χ1v) is 5.96. The summed E-state index contributed by atoms with van der Waals surface area (Å²) in [5, 5.41) is 0. The van der Waals surface area contributed by atoms with Crippen LogP contribution in [0.4, 0.5) is 0 Å². The van der Waals surface area contributed by atoms with Crippen LogP contribution in [0.3, 0.4) is 0 Å². The molecule has 0 aromatic heterocycles. The molecule has 4 heteroatoms. The van der Waals surface area contributed by atoms with Crippen LogP contribution >= 0.6 is 0 Å². The highest BCUT2D eigenvalue weighted by molar-refractivity contribution is 5.92. The maximum atomic E-state index is 11.1. The Hall–Kier alpha value is -1.52. The second-order valence-electron chi connectivity index (χ2n) is 4.65. The van der Waals surface area contributed by atoms with Crippen LogP contribution in [0.1, 0.15) is 22.3 Å². The number of ether oxygens (including phenoxy) is 2.